The minimum atomic E-state index is -0.943. The van der Waals surface area contributed by atoms with Crippen LogP contribution in [0.1, 0.15) is 28.5 Å². The number of pyridine rings is 1. The summed E-state index contributed by atoms with van der Waals surface area (Å²) in [6, 6.07) is 6.59. The van der Waals surface area contributed by atoms with Crippen molar-refractivity contribution >= 4 is 17.5 Å². The van der Waals surface area contributed by atoms with E-state index in [2.05, 4.69) is 10.3 Å². The molecule has 2 aromatic rings. The van der Waals surface area contributed by atoms with Gasteiger partial charge in [-0.25, -0.2) is 13.8 Å². The molecule has 1 N–H and O–H groups in total. The van der Waals surface area contributed by atoms with Crippen LogP contribution in [0.2, 0.25) is 5.15 Å². The zero-order chi connectivity index (χ0) is 15.4. The van der Waals surface area contributed by atoms with Gasteiger partial charge in [0.05, 0.1) is 0 Å². The Kier molecular flexibility index (Phi) is 4.85. The Morgan fingerprint density at radius 1 is 1.24 bits per heavy atom. The van der Waals surface area contributed by atoms with Gasteiger partial charge in [-0.2, -0.15) is 0 Å². The molecule has 3 nitrogen and oxygen atoms in total. The van der Waals surface area contributed by atoms with Crippen molar-refractivity contribution in [2.24, 2.45) is 0 Å². The number of rotatable bonds is 4. The van der Waals surface area contributed by atoms with Crippen LogP contribution in [0.3, 0.4) is 0 Å². The highest BCUT2D eigenvalue weighted by Crippen LogP contribution is 2.12. The number of hydrogen-bond acceptors (Lipinski definition) is 2. The number of aromatic nitrogens is 1. The fourth-order valence-corrected chi connectivity index (χ4v) is 2.02. The molecule has 1 heterocycles. The molecule has 0 fully saturated rings. The van der Waals surface area contributed by atoms with Gasteiger partial charge in [-0.3, -0.25) is 4.79 Å². The van der Waals surface area contributed by atoms with Gasteiger partial charge >= 0.3 is 0 Å². The van der Waals surface area contributed by atoms with Gasteiger partial charge in [0, 0.05) is 17.8 Å². The first kappa shape index (κ1) is 15.4. The normalized spacial score (nSPS) is 10.5. The summed E-state index contributed by atoms with van der Waals surface area (Å²) >= 11 is 5.85. The largest absolute Gasteiger partial charge is 0.348 e. The molecule has 2 rings (SSSR count). The Balaban J connectivity index is 2.07. The van der Waals surface area contributed by atoms with Gasteiger partial charge in [-0.1, -0.05) is 24.6 Å². The highest BCUT2D eigenvalue weighted by atomic mass is 35.5. The second-order valence-electron chi connectivity index (χ2n) is 4.45. The summed E-state index contributed by atoms with van der Waals surface area (Å²) in [5.74, 6) is -2.21. The molecule has 0 unspecified atom stereocenters. The van der Waals surface area contributed by atoms with E-state index in [0.29, 0.717) is 23.2 Å². The molecule has 21 heavy (non-hydrogen) atoms. The van der Waals surface area contributed by atoms with Crippen LogP contribution >= 0.6 is 11.6 Å². The SMILES string of the molecule is CCc1cc(C(=O)NCc2ccc(F)c(F)c2)cc(Cl)n1. The Labute approximate surface area is 126 Å². The first-order valence-corrected chi connectivity index (χ1v) is 6.76. The summed E-state index contributed by atoms with van der Waals surface area (Å²) in [4.78, 5) is 16.1. The van der Waals surface area contributed by atoms with E-state index in [1.165, 1.54) is 12.1 Å². The molecule has 1 aromatic heterocycles. The van der Waals surface area contributed by atoms with Crippen molar-refractivity contribution in [1.82, 2.24) is 10.3 Å². The van der Waals surface area contributed by atoms with E-state index in [0.717, 1.165) is 12.1 Å². The van der Waals surface area contributed by atoms with Crippen LogP contribution < -0.4 is 5.32 Å². The second kappa shape index (κ2) is 6.63. The lowest BCUT2D eigenvalue weighted by Gasteiger charge is -2.07. The number of carbonyl (C=O) groups is 1. The Bertz CT molecular complexity index is 677. The summed E-state index contributed by atoms with van der Waals surface area (Å²) in [5.41, 5.74) is 1.56. The topological polar surface area (TPSA) is 42.0 Å². The first-order valence-electron chi connectivity index (χ1n) is 6.38. The summed E-state index contributed by atoms with van der Waals surface area (Å²) in [7, 11) is 0. The summed E-state index contributed by atoms with van der Waals surface area (Å²) in [6.45, 7) is 2.00. The number of nitrogens with one attached hydrogen (secondary N) is 1. The van der Waals surface area contributed by atoms with E-state index in [1.54, 1.807) is 6.07 Å². The summed E-state index contributed by atoms with van der Waals surface area (Å²) < 4.78 is 25.9. The average Bonchev–Trinajstić information content (AvgIpc) is 2.47. The molecule has 1 amide bonds. The second-order valence-corrected chi connectivity index (χ2v) is 4.84. The third-order valence-electron chi connectivity index (χ3n) is 2.91. The molecule has 1 aromatic carbocycles. The third-order valence-corrected chi connectivity index (χ3v) is 3.10. The Morgan fingerprint density at radius 3 is 2.67 bits per heavy atom. The van der Waals surface area contributed by atoms with E-state index < -0.39 is 11.6 Å². The molecule has 0 aliphatic heterocycles. The van der Waals surface area contributed by atoms with E-state index >= 15 is 0 Å². The maximum absolute atomic E-state index is 13.1. The molecule has 0 aliphatic carbocycles. The Hall–Kier alpha value is -2.01. The van der Waals surface area contributed by atoms with E-state index in [9.17, 15) is 13.6 Å². The van der Waals surface area contributed by atoms with Gasteiger partial charge in [0.1, 0.15) is 5.15 Å². The van der Waals surface area contributed by atoms with Crippen LogP contribution in [0.15, 0.2) is 30.3 Å². The van der Waals surface area contributed by atoms with E-state index in [1.807, 2.05) is 6.92 Å². The van der Waals surface area contributed by atoms with Crippen molar-refractivity contribution in [1.29, 1.82) is 0 Å². The smallest absolute Gasteiger partial charge is 0.251 e. The zero-order valence-electron chi connectivity index (χ0n) is 11.3. The molecule has 0 aliphatic rings. The highest BCUT2D eigenvalue weighted by molar-refractivity contribution is 6.29. The van der Waals surface area contributed by atoms with Gasteiger partial charge in [0.15, 0.2) is 11.6 Å². The number of aryl methyl sites for hydroxylation is 1. The fourth-order valence-electron chi connectivity index (χ4n) is 1.80. The number of benzene rings is 1. The summed E-state index contributed by atoms with van der Waals surface area (Å²) in [5, 5.41) is 2.87. The fraction of sp³-hybridized carbons (Fsp3) is 0.200. The van der Waals surface area contributed by atoms with Crippen LogP contribution in [0.4, 0.5) is 8.78 Å². The molecular formula is C15H13ClF2N2O. The average molecular weight is 311 g/mol. The maximum atomic E-state index is 13.1. The van der Waals surface area contributed by atoms with Gasteiger partial charge in [-0.05, 0) is 36.2 Å². The maximum Gasteiger partial charge on any atom is 0.251 e. The monoisotopic (exact) mass is 310 g/mol. The number of hydrogen-bond donors (Lipinski definition) is 1. The molecule has 0 bridgehead atoms. The number of halogens is 3. The molecule has 0 saturated heterocycles. The lowest BCUT2D eigenvalue weighted by atomic mass is 10.1. The molecular weight excluding hydrogens is 298 g/mol. The van der Waals surface area contributed by atoms with Gasteiger partial charge < -0.3 is 5.32 Å². The molecule has 0 spiro atoms. The molecule has 110 valence electrons. The number of amides is 1. The lowest BCUT2D eigenvalue weighted by Crippen LogP contribution is -2.23. The van der Waals surface area contributed by atoms with Gasteiger partial charge in [-0.15, -0.1) is 0 Å². The predicted octanol–water partition coefficient (Wildman–Crippen LogP) is 3.51. The van der Waals surface area contributed by atoms with Crippen molar-refractivity contribution in [3.63, 3.8) is 0 Å². The number of nitrogens with zero attached hydrogens (tertiary/aromatic N) is 1. The molecule has 6 heteroatoms. The standard InChI is InChI=1S/C15H13ClF2N2O/c1-2-11-6-10(7-14(16)20-11)15(21)19-8-9-3-4-12(17)13(18)5-9/h3-7H,2,8H2,1H3,(H,19,21). The van der Waals surface area contributed by atoms with Crippen molar-refractivity contribution in [3.05, 3.63) is 63.9 Å². The zero-order valence-corrected chi connectivity index (χ0v) is 12.0. The summed E-state index contributed by atoms with van der Waals surface area (Å²) in [6.07, 6.45) is 0.657. The lowest BCUT2D eigenvalue weighted by molar-refractivity contribution is 0.0950. The first-order chi connectivity index (χ1) is 9.99. The number of carbonyl (C=O) groups excluding carboxylic acids is 1. The molecule has 0 atom stereocenters. The van der Waals surface area contributed by atoms with Crippen LogP contribution in [0, 0.1) is 11.6 Å². The van der Waals surface area contributed by atoms with Crippen molar-refractivity contribution in [2.75, 3.05) is 0 Å². The van der Waals surface area contributed by atoms with E-state index in [-0.39, 0.29) is 17.6 Å². The van der Waals surface area contributed by atoms with Crippen molar-refractivity contribution in [2.45, 2.75) is 19.9 Å². The van der Waals surface area contributed by atoms with Crippen molar-refractivity contribution < 1.29 is 13.6 Å². The van der Waals surface area contributed by atoms with Gasteiger partial charge in [0.2, 0.25) is 0 Å². The van der Waals surface area contributed by atoms with Crippen molar-refractivity contribution in [3.8, 4) is 0 Å². The third kappa shape index (κ3) is 3.98. The van der Waals surface area contributed by atoms with Crippen LogP contribution in [-0.2, 0) is 13.0 Å². The quantitative estimate of drug-likeness (QED) is 0.878. The van der Waals surface area contributed by atoms with Crippen LogP contribution in [-0.4, -0.2) is 10.9 Å². The predicted molar refractivity (Wildman–Crippen MR) is 76.2 cm³/mol. The minimum absolute atomic E-state index is 0.0947. The van der Waals surface area contributed by atoms with E-state index in [4.69, 9.17) is 11.6 Å². The molecule has 0 saturated carbocycles. The van der Waals surface area contributed by atoms with Crippen LogP contribution in [0.5, 0.6) is 0 Å². The highest BCUT2D eigenvalue weighted by Gasteiger charge is 2.09. The minimum Gasteiger partial charge on any atom is -0.348 e. The van der Waals surface area contributed by atoms with Crippen LogP contribution in [0.25, 0.3) is 0 Å². The Morgan fingerprint density at radius 2 is 2.00 bits per heavy atom. The molecule has 0 radical (unpaired) electrons. The van der Waals surface area contributed by atoms with Gasteiger partial charge in [0.25, 0.3) is 5.91 Å².